The van der Waals surface area contributed by atoms with Crippen molar-refractivity contribution < 1.29 is 20.1 Å². The molecule has 2 N–H and O–H groups in total. The van der Waals surface area contributed by atoms with Gasteiger partial charge in [0.25, 0.3) is 16.1 Å². The molecule has 3 atom stereocenters. The molecular formula is C19H29F2N7O2S. The second-order valence-corrected chi connectivity index (χ2v) is 10.2. The summed E-state index contributed by atoms with van der Waals surface area (Å²) in [6.45, 7) is 1.75. The maximum absolute atomic E-state index is 13.4. The van der Waals surface area contributed by atoms with E-state index in [2.05, 4.69) is 31.8 Å². The van der Waals surface area contributed by atoms with Gasteiger partial charge in [0.05, 0.1) is 11.7 Å². The number of alkyl halides is 2. The molecule has 2 aliphatic rings. The van der Waals surface area contributed by atoms with Gasteiger partial charge in [-0.2, -0.15) is 17.4 Å². The Kier molecular flexibility index (Phi) is 4.98. The van der Waals surface area contributed by atoms with Crippen LogP contribution in [0.25, 0.3) is 16.8 Å². The molecule has 1 saturated carbocycles. The van der Waals surface area contributed by atoms with Crippen molar-refractivity contribution in [1.82, 2.24) is 33.6 Å². The van der Waals surface area contributed by atoms with E-state index in [1.54, 1.807) is 6.20 Å². The zero-order valence-corrected chi connectivity index (χ0v) is 17.9. The van der Waals surface area contributed by atoms with E-state index in [0.29, 0.717) is 18.5 Å². The van der Waals surface area contributed by atoms with Crippen LogP contribution < -0.4 is 4.72 Å². The number of halogens is 2. The third-order valence-electron chi connectivity index (χ3n) is 6.63. The van der Waals surface area contributed by atoms with Crippen LogP contribution in [0.15, 0.2) is 18.5 Å². The molecule has 31 heavy (non-hydrogen) atoms. The molecule has 12 heteroatoms. The monoisotopic (exact) mass is 457 g/mol. The van der Waals surface area contributed by atoms with Crippen molar-refractivity contribution in [3.05, 3.63) is 24.3 Å². The fraction of sp³-hybridized carbons (Fsp3) is 0.632. The van der Waals surface area contributed by atoms with Gasteiger partial charge in [0.15, 0.2) is 11.3 Å². The lowest BCUT2D eigenvalue weighted by molar-refractivity contribution is -0.0413. The molecule has 3 aromatic rings. The normalized spacial score (nSPS) is 27.4. The van der Waals surface area contributed by atoms with Gasteiger partial charge in [-0.15, -0.1) is 10.2 Å². The van der Waals surface area contributed by atoms with Gasteiger partial charge in [-0.3, -0.25) is 4.40 Å². The quantitative estimate of drug-likeness (QED) is 0.612. The number of aromatic nitrogens is 5. The van der Waals surface area contributed by atoms with Gasteiger partial charge in [-0.25, -0.2) is 13.8 Å². The number of fused-ring (bicyclic) bond motifs is 3. The standard InChI is InChI=1S/C19H25F2N7O2S.2H2/c1-2-12-9-13(26-31(29,30)27-7-4-19(20,21)5-8-27)10-14(12)18-25-24-16-11-23-17-15(28(16)18)3-6-22-17;;/h3,6,11-14,22,26H,2,4-5,7-10H2,1H3;2*1H/t12-,13+,14+;;/m1../s1. The number of nitrogens with one attached hydrogen (secondary N) is 2. The van der Waals surface area contributed by atoms with E-state index in [0.717, 1.165) is 27.7 Å². The highest BCUT2D eigenvalue weighted by Gasteiger charge is 2.42. The Hall–Kier alpha value is -2.18. The maximum atomic E-state index is 13.4. The van der Waals surface area contributed by atoms with Crippen LogP contribution in [0.2, 0.25) is 0 Å². The third kappa shape index (κ3) is 3.70. The number of H-pyrrole nitrogens is 1. The van der Waals surface area contributed by atoms with Crippen molar-refractivity contribution in [3.63, 3.8) is 0 Å². The largest absolute Gasteiger partial charge is 0.345 e. The Morgan fingerprint density at radius 1 is 1.29 bits per heavy atom. The lowest BCUT2D eigenvalue weighted by Gasteiger charge is -2.31. The molecule has 0 radical (unpaired) electrons. The average molecular weight is 458 g/mol. The van der Waals surface area contributed by atoms with Crippen molar-refractivity contribution in [2.24, 2.45) is 5.92 Å². The van der Waals surface area contributed by atoms with E-state index in [9.17, 15) is 17.2 Å². The van der Waals surface area contributed by atoms with Crippen molar-refractivity contribution in [2.45, 2.75) is 56.9 Å². The second kappa shape index (κ2) is 7.45. The maximum Gasteiger partial charge on any atom is 0.279 e. The van der Waals surface area contributed by atoms with E-state index in [-0.39, 0.29) is 33.8 Å². The van der Waals surface area contributed by atoms with Gasteiger partial charge in [-0.05, 0) is 24.8 Å². The zero-order valence-electron chi connectivity index (χ0n) is 17.1. The lowest BCUT2D eigenvalue weighted by atomic mass is 9.93. The summed E-state index contributed by atoms with van der Waals surface area (Å²) in [6, 6.07) is 1.64. The minimum Gasteiger partial charge on any atom is -0.345 e. The number of aromatic amines is 1. The predicted octanol–water partition coefficient (Wildman–Crippen LogP) is 2.94. The molecule has 0 unspecified atom stereocenters. The van der Waals surface area contributed by atoms with Crippen LogP contribution in [0.4, 0.5) is 8.78 Å². The number of hydrogen-bond acceptors (Lipinski definition) is 5. The summed E-state index contributed by atoms with van der Waals surface area (Å²) in [7, 11) is -3.82. The Labute approximate surface area is 181 Å². The average Bonchev–Trinajstić information content (AvgIpc) is 3.43. The van der Waals surface area contributed by atoms with Crippen molar-refractivity contribution in [2.75, 3.05) is 13.1 Å². The summed E-state index contributed by atoms with van der Waals surface area (Å²) in [6.07, 6.45) is 4.71. The molecule has 1 saturated heterocycles. The molecule has 2 fully saturated rings. The number of hydrogen-bond donors (Lipinski definition) is 2. The van der Waals surface area contributed by atoms with Crippen LogP contribution >= 0.6 is 0 Å². The van der Waals surface area contributed by atoms with Gasteiger partial charge in [0.2, 0.25) is 0 Å². The van der Waals surface area contributed by atoms with E-state index < -0.39 is 29.0 Å². The van der Waals surface area contributed by atoms with E-state index in [1.165, 1.54) is 0 Å². The van der Waals surface area contributed by atoms with E-state index in [4.69, 9.17) is 0 Å². The molecule has 3 aromatic heterocycles. The van der Waals surface area contributed by atoms with Gasteiger partial charge in [0.1, 0.15) is 5.82 Å². The first-order valence-electron chi connectivity index (χ1n) is 10.6. The topological polar surface area (TPSA) is 108 Å². The highest BCUT2D eigenvalue weighted by molar-refractivity contribution is 7.87. The minimum absolute atomic E-state index is 0. The zero-order chi connectivity index (χ0) is 21.8. The summed E-state index contributed by atoms with van der Waals surface area (Å²) in [5.41, 5.74) is 2.26. The summed E-state index contributed by atoms with van der Waals surface area (Å²) in [4.78, 5) is 7.43. The SMILES string of the molecule is CC[C@@H]1C[C@H](NS(=O)(=O)N2CCC(F)(F)CC2)C[C@@H]1c1nnc2cnc3[nH]ccc3n12.[HH].[HH]. The molecule has 0 amide bonds. The van der Waals surface area contributed by atoms with Crippen LogP contribution in [0, 0.1) is 5.92 Å². The number of rotatable bonds is 5. The second-order valence-electron chi connectivity index (χ2n) is 8.54. The minimum atomic E-state index is -3.82. The fourth-order valence-corrected chi connectivity index (χ4v) is 6.39. The first-order valence-corrected chi connectivity index (χ1v) is 12.0. The number of nitrogens with zero attached hydrogens (tertiary/aromatic N) is 5. The summed E-state index contributed by atoms with van der Waals surface area (Å²) in [5, 5.41) is 8.70. The van der Waals surface area contributed by atoms with E-state index in [1.807, 2.05) is 16.7 Å². The van der Waals surface area contributed by atoms with Gasteiger partial charge in [0, 0.05) is 46.9 Å². The molecule has 5 rings (SSSR count). The van der Waals surface area contributed by atoms with Crippen molar-refractivity contribution in [3.8, 4) is 0 Å². The highest BCUT2D eigenvalue weighted by atomic mass is 32.2. The fourth-order valence-electron chi connectivity index (χ4n) is 4.97. The van der Waals surface area contributed by atoms with Gasteiger partial charge < -0.3 is 4.98 Å². The molecule has 1 aliphatic carbocycles. The molecule has 0 spiro atoms. The van der Waals surface area contributed by atoms with Crippen LogP contribution in [0.1, 0.15) is 53.6 Å². The Balaban J connectivity index is 0.00000153. The summed E-state index contributed by atoms with van der Waals surface area (Å²) in [5.74, 6) is -1.73. The molecule has 1 aliphatic heterocycles. The molecule has 0 bridgehead atoms. The van der Waals surface area contributed by atoms with Crippen LogP contribution in [0.3, 0.4) is 0 Å². The predicted molar refractivity (Wildman–Crippen MR) is 114 cm³/mol. The lowest BCUT2D eigenvalue weighted by Crippen LogP contribution is -2.49. The molecular weight excluding hydrogens is 428 g/mol. The first-order chi connectivity index (χ1) is 14.8. The van der Waals surface area contributed by atoms with Crippen LogP contribution in [-0.4, -0.2) is 62.3 Å². The van der Waals surface area contributed by atoms with E-state index >= 15 is 0 Å². The van der Waals surface area contributed by atoms with Crippen LogP contribution in [0.5, 0.6) is 0 Å². The third-order valence-corrected chi connectivity index (χ3v) is 8.30. The Morgan fingerprint density at radius 2 is 2.06 bits per heavy atom. The summed E-state index contributed by atoms with van der Waals surface area (Å²) < 4.78 is 58.4. The highest BCUT2D eigenvalue weighted by Crippen LogP contribution is 2.42. The smallest absolute Gasteiger partial charge is 0.279 e. The van der Waals surface area contributed by atoms with Crippen molar-refractivity contribution >= 4 is 27.0 Å². The van der Waals surface area contributed by atoms with Gasteiger partial charge >= 0.3 is 0 Å². The van der Waals surface area contributed by atoms with Crippen LogP contribution in [-0.2, 0) is 10.2 Å². The first kappa shape index (κ1) is 20.7. The summed E-state index contributed by atoms with van der Waals surface area (Å²) >= 11 is 0. The van der Waals surface area contributed by atoms with Gasteiger partial charge in [-0.1, -0.05) is 13.3 Å². The molecule has 4 heterocycles. The van der Waals surface area contributed by atoms with Crippen molar-refractivity contribution in [1.29, 1.82) is 0 Å². The molecule has 9 nitrogen and oxygen atoms in total. The molecule has 0 aromatic carbocycles. The Morgan fingerprint density at radius 3 is 2.81 bits per heavy atom. The number of piperidine rings is 1. The Bertz CT molecular complexity index is 1210. The molecule has 172 valence electrons.